The highest BCUT2D eigenvalue weighted by atomic mass is 35.5. The predicted octanol–water partition coefficient (Wildman–Crippen LogP) is 1.78. The molecule has 2 aliphatic rings. The zero-order valence-corrected chi connectivity index (χ0v) is 12.0. The Morgan fingerprint density at radius 3 is 2.90 bits per heavy atom. The average molecular weight is 295 g/mol. The second kappa shape index (κ2) is 5.26. The molecule has 1 heterocycles. The molecule has 108 valence electrons. The van der Waals surface area contributed by atoms with Crippen LogP contribution in [0.2, 0.25) is 5.02 Å². The molecule has 1 aromatic rings. The second-order valence-corrected chi connectivity index (χ2v) is 6.32. The van der Waals surface area contributed by atoms with Gasteiger partial charge in [-0.05, 0) is 42.4 Å². The summed E-state index contributed by atoms with van der Waals surface area (Å²) in [5.74, 6) is 1.26. The van der Waals surface area contributed by atoms with Crippen molar-refractivity contribution in [3.63, 3.8) is 0 Å². The minimum absolute atomic E-state index is 0.0965. The van der Waals surface area contributed by atoms with E-state index >= 15 is 0 Å². The minimum Gasteiger partial charge on any atom is -0.508 e. The van der Waals surface area contributed by atoms with E-state index in [9.17, 15) is 9.90 Å². The number of phenols is 1. The molecule has 0 aromatic heterocycles. The van der Waals surface area contributed by atoms with E-state index in [-0.39, 0.29) is 24.1 Å². The van der Waals surface area contributed by atoms with Gasteiger partial charge >= 0.3 is 0 Å². The van der Waals surface area contributed by atoms with Crippen LogP contribution < -0.4 is 5.73 Å². The number of likely N-dealkylation sites (tertiary alicyclic amines) is 1. The number of carbonyl (C=O) groups excluding carboxylic acids is 1. The van der Waals surface area contributed by atoms with Gasteiger partial charge in [0.25, 0.3) is 0 Å². The van der Waals surface area contributed by atoms with Crippen LogP contribution in [0.3, 0.4) is 0 Å². The smallest absolute Gasteiger partial charge is 0.227 e. The fraction of sp³-hybridized carbons (Fsp3) is 0.533. The molecule has 20 heavy (non-hydrogen) atoms. The fourth-order valence-corrected chi connectivity index (χ4v) is 3.71. The van der Waals surface area contributed by atoms with Crippen LogP contribution in [0, 0.1) is 11.8 Å². The number of rotatable bonds is 2. The maximum Gasteiger partial charge on any atom is 0.227 e. The largest absolute Gasteiger partial charge is 0.508 e. The molecule has 1 amide bonds. The molecule has 0 radical (unpaired) electrons. The highest BCUT2D eigenvalue weighted by Gasteiger charge is 2.42. The van der Waals surface area contributed by atoms with Crippen LogP contribution in [0.4, 0.5) is 0 Å². The number of carbonyl (C=O) groups is 1. The Kier molecular flexibility index (Phi) is 3.61. The van der Waals surface area contributed by atoms with Crippen molar-refractivity contribution in [2.75, 3.05) is 13.1 Å². The van der Waals surface area contributed by atoms with Gasteiger partial charge in [-0.15, -0.1) is 0 Å². The number of nitrogens with two attached hydrogens (primary N) is 1. The number of aromatic hydroxyl groups is 1. The SMILES string of the molecule is NC1CCC2CN(C(=O)Cc3ccc(O)cc3Cl)CC12. The van der Waals surface area contributed by atoms with E-state index in [4.69, 9.17) is 17.3 Å². The van der Waals surface area contributed by atoms with Gasteiger partial charge in [0.2, 0.25) is 5.91 Å². The van der Waals surface area contributed by atoms with Gasteiger partial charge in [-0.3, -0.25) is 4.79 Å². The number of halogens is 1. The van der Waals surface area contributed by atoms with E-state index in [1.54, 1.807) is 12.1 Å². The highest BCUT2D eigenvalue weighted by Crippen LogP contribution is 2.37. The van der Waals surface area contributed by atoms with Crippen LogP contribution in [0.15, 0.2) is 18.2 Å². The standard InChI is InChI=1S/C15H19ClN2O2/c16-13-6-11(19)3-1-9(13)5-15(20)18-7-10-2-4-14(17)12(10)8-18/h1,3,6,10,12,14,19H,2,4-5,7-8,17H2. The first-order chi connectivity index (χ1) is 9.54. The molecular formula is C15H19ClN2O2. The molecule has 3 unspecified atom stereocenters. The van der Waals surface area contributed by atoms with Crippen molar-refractivity contribution in [1.82, 2.24) is 4.90 Å². The number of amides is 1. The molecule has 3 N–H and O–H groups in total. The first-order valence-electron chi connectivity index (χ1n) is 7.05. The summed E-state index contributed by atoms with van der Waals surface area (Å²) in [5.41, 5.74) is 6.85. The van der Waals surface area contributed by atoms with Crippen LogP contribution in [0.5, 0.6) is 5.75 Å². The summed E-state index contributed by atoms with van der Waals surface area (Å²) < 4.78 is 0. The third kappa shape index (κ3) is 2.50. The lowest BCUT2D eigenvalue weighted by molar-refractivity contribution is -0.129. The third-order valence-electron chi connectivity index (χ3n) is 4.64. The maximum atomic E-state index is 12.4. The number of benzene rings is 1. The monoisotopic (exact) mass is 294 g/mol. The minimum atomic E-state index is 0.0965. The van der Waals surface area contributed by atoms with E-state index in [2.05, 4.69) is 0 Å². The zero-order chi connectivity index (χ0) is 14.3. The molecule has 1 saturated heterocycles. The molecule has 3 rings (SSSR count). The Bertz CT molecular complexity index is 535. The number of phenolic OH excluding ortho intramolecular Hbond substituents is 1. The van der Waals surface area contributed by atoms with Crippen LogP contribution in [-0.4, -0.2) is 35.0 Å². The highest BCUT2D eigenvalue weighted by molar-refractivity contribution is 6.31. The average Bonchev–Trinajstić information content (AvgIpc) is 2.96. The lowest BCUT2D eigenvalue weighted by atomic mass is 9.98. The van der Waals surface area contributed by atoms with Gasteiger partial charge in [0.1, 0.15) is 5.75 Å². The van der Waals surface area contributed by atoms with Crippen molar-refractivity contribution >= 4 is 17.5 Å². The van der Waals surface area contributed by atoms with Crippen molar-refractivity contribution in [3.05, 3.63) is 28.8 Å². The second-order valence-electron chi connectivity index (χ2n) is 5.92. The molecule has 1 saturated carbocycles. The summed E-state index contributed by atoms with van der Waals surface area (Å²) in [4.78, 5) is 14.3. The molecular weight excluding hydrogens is 276 g/mol. The number of hydrogen-bond acceptors (Lipinski definition) is 3. The lowest BCUT2D eigenvalue weighted by Crippen LogP contribution is -2.34. The van der Waals surface area contributed by atoms with Crippen LogP contribution in [0.1, 0.15) is 18.4 Å². The quantitative estimate of drug-likeness (QED) is 0.874. The summed E-state index contributed by atoms with van der Waals surface area (Å²) in [6.07, 6.45) is 2.50. The van der Waals surface area contributed by atoms with Gasteiger partial charge in [0, 0.05) is 24.2 Å². The molecule has 3 atom stereocenters. The molecule has 2 fully saturated rings. The lowest BCUT2D eigenvalue weighted by Gasteiger charge is -2.19. The van der Waals surface area contributed by atoms with Gasteiger partial charge in [-0.25, -0.2) is 0 Å². The number of fused-ring (bicyclic) bond motifs is 1. The van der Waals surface area contributed by atoms with Gasteiger partial charge in [-0.2, -0.15) is 0 Å². The van der Waals surface area contributed by atoms with Gasteiger partial charge in [0.15, 0.2) is 0 Å². The topological polar surface area (TPSA) is 66.6 Å². The Morgan fingerprint density at radius 1 is 1.40 bits per heavy atom. The van der Waals surface area contributed by atoms with Crippen molar-refractivity contribution in [2.45, 2.75) is 25.3 Å². The van der Waals surface area contributed by atoms with Crippen LogP contribution in [-0.2, 0) is 11.2 Å². The molecule has 1 aromatic carbocycles. The van der Waals surface area contributed by atoms with Crippen molar-refractivity contribution < 1.29 is 9.90 Å². The molecule has 4 nitrogen and oxygen atoms in total. The zero-order valence-electron chi connectivity index (χ0n) is 11.3. The van der Waals surface area contributed by atoms with E-state index < -0.39 is 0 Å². The third-order valence-corrected chi connectivity index (χ3v) is 5.00. The summed E-state index contributed by atoms with van der Waals surface area (Å²) in [6, 6.07) is 4.98. The van der Waals surface area contributed by atoms with Gasteiger partial charge in [0.05, 0.1) is 6.42 Å². The van der Waals surface area contributed by atoms with Crippen LogP contribution >= 0.6 is 11.6 Å². The molecule has 0 bridgehead atoms. The van der Waals surface area contributed by atoms with Gasteiger partial charge < -0.3 is 15.7 Å². The molecule has 1 aliphatic carbocycles. The van der Waals surface area contributed by atoms with E-state index in [0.29, 0.717) is 16.9 Å². The molecule has 0 spiro atoms. The van der Waals surface area contributed by atoms with Crippen LogP contribution in [0.25, 0.3) is 0 Å². The summed E-state index contributed by atoms with van der Waals surface area (Å²) in [7, 11) is 0. The Morgan fingerprint density at radius 2 is 2.20 bits per heavy atom. The van der Waals surface area contributed by atoms with Crippen molar-refractivity contribution in [2.24, 2.45) is 17.6 Å². The van der Waals surface area contributed by atoms with E-state index in [1.165, 1.54) is 6.07 Å². The number of nitrogens with zero attached hydrogens (tertiary/aromatic N) is 1. The normalized spacial score (nSPS) is 28.7. The van der Waals surface area contributed by atoms with Crippen molar-refractivity contribution in [3.8, 4) is 5.75 Å². The van der Waals surface area contributed by atoms with Crippen molar-refractivity contribution in [1.29, 1.82) is 0 Å². The molecule has 5 heteroatoms. The van der Waals surface area contributed by atoms with E-state index in [0.717, 1.165) is 31.5 Å². The number of hydrogen-bond donors (Lipinski definition) is 2. The Labute approximate surface area is 123 Å². The Balaban J connectivity index is 1.66. The maximum absolute atomic E-state index is 12.4. The first kappa shape index (κ1) is 13.7. The summed E-state index contributed by atoms with van der Waals surface area (Å²) in [6.45, 7) is 1.60. The first-order valence-corrected chi connectivity index (χ1v) is 7.43. The van der Waals surface area contributed by atoms with E-state index in [1.807, 2.05) is 4.90 Å². The molecule has 1 aliphatic heterocycles. The fourth-order valence-electron chi connectivity index (χ4n) is 3.47. The summed E-state index contributed by atoms with van der Waals surface area (Å²) in [5, 5.41) is 9.77. The summed E-state index contributed by atoms with van der Waals surface area (Å²) >= 11 is 6.05. The van der Waals surface area contributed by atoms with Gasteiger partial charge in [-0.1, -0.05) is 17.7 Å². The predicted molar refractivity (Wildman–Crippen MR) is 77.6 cm³/mol. The Hall–Kier alpha value is -1.26.